The predicted molar refractivity (Wildman–Crippen MR) is 78.8 cm³/mol. The van der Waals surface area contributed by atoms with Crippen molar-refractivity contribution in [2.75, 3.05) is 28.2 Å². The van der Waals surface area contributed by atoms with Gasteiger partial charge >= 0.3 is 11.9 Å². The van der Waals surface area contributed by atoms with Gasteiger partial charge in [0.1, 0.15) is 0 Å². The van der Waals surface area contributed by atoms with Crippen LogP contribution in [0.1, 0.15) is 5.56 Å². The maximum absolute atomic E-state index is 6.10. The molecule has 1 atom stereocenters. The minimum absolute atomic E-state index is 0.133. The number of guanidine groups is 2. The highest BCUT2D eigenvalue weighted by atomic mass is 15.5. The molecule has 2 N–H and O–H groups in total. The Morgan fingerprint density at radius 2 is 1.79 bits per heavy atom. The van der Waals surface area contributed by atoms with Crippen molar-refractivity contribution >= 4 is 11.9 Å². The number of rotatable bonds is 2. The van der Waals surface area contributed by atoms with Crippen molar-refractivity contribution in [1.29, 1.82) is 0 Å². The lowest BCUT2D eigenvalue weighted by Crippen LogP contribution is -2.61. The first-order chi connectivity index (χ1) is 8.91. The van der Waals surface area contributed by atoms with Crippen LogP contribution in [0.5, 0.6) is 0 Å². The molecule has 1 aromatic rings. The van der Waals surface area contributed by atoms with Crippen molar-refractivity contribution in [3.63, 3.8) is 0 Å². The summed E-state index contributed by atoms with van der Waals surface area (Å²) in [5, 5.41) is 0. The number of benzene rings is 1. The molecule has 0 fully saturated rings. The van der Waals surface area contributed by atoms with E-state index in [0.717, 1.165) is 12.4 Å². The summed E-state index contributed by atoms with van der Waals surface area (Å²) in [5.41, 5.74) is 7.32. The van der Waals surface area contributed by atoms with Crippen LogP contribution in [-0.2, 0) is 6.42 Å². The van der Waals surface area contributed by atoms with Gasteiger partial charge < -0.3 is 10.6 Å². The Hall–Kier alpha value is -1.88. The normalized spacial score (nSPS) is 21.6. The van der Waals surface area contributed by atoms with E-state index < -0.39 is 0 Å². The average Bonchev–Trinajstić information content (AvgIpc) is 2.34. The van der Waals surface area contributed by atoms with E-state index in [1.54, 1.807) is 0 Å². The third-order valence-corrected chi connectivity index (χ3v) is 3.28. The summed E-state index contributed by atoms with van der Waals surface area (Å²) in [4.78, 5) is 11.2. The largest absolute Gasteiger partial charge is 0.337 e. The Balaban J connectivity index is 2.26. The molecule has 0 saturated heterocycles. The Morgan fingerprint density at radius 3 is 2.37 bits per heavy atom. The monoisotopic (exact) mass is 260 g/mol. The highest BCUT2D eigenvalue weighted by Gasteiger charge is 2.36. The topological polar surface area (TPSA) is 54.0 Å². The fourth-order valence-corrected chi connectivity index (χ4v) is 2.24. The van der Waals surface area contributed by atoms with Gasteiger partial charge in [-0.15, -0.1) is 0 Å². The first-order valence-electron chi connectivity index (χ1n) is 6.38. The fraction of sp³-hybridized carbons (Fsp3) is 0.429. The summed E-state index contributed by atoms with van der Waals surface area (Å²) in [6.45, 7) is 0. The summed E-state index contributed by atoms with van der Waals surface area (Å²) in [5.74, 6) is 1.52. The molecule has 1 unspecified atom stereocenters. The van der Waals surface area contributed by atoms with Crippen LogP contribution in [0.2, 0.25) is 0 Å². The van der Waals surface area contributed by atoms with E-state index in [0.29, 0.717) is 10.4 Å². The molecular formula is C14H22N5+. The molecule has 5 nitrogen and oxygen atoms in total. The molecule has 102 valence electrons. The number of aliphatic imine (C=N–C) groups is 2. The number of hydrogen-bond acceptors (Lipinski definition) is 4. The van der Waals surface area contributed by atoms with Gasteiger partial charge in [-0.05, 0) is 5.56 Å². The molecule has 19 heavy (non-hydrogen) atoms. The van der Waals surface area contributed by atoms with Crippen molar-refractivity contribution in [2.24, 2.45) is 15.7 Å². The third kappa shape index (κ3) is 2.76. The van der Waals surface area contributed by atoms with E-state index in [9.17, 15) is 0 Å². The van der Waals surface area contributed by atoms with Crippen LogP contribution in [0.3, 0.4) is 0 Å². The molecule has 2 rings (SSSR count). The molecule has 1 aliphatic heterocycles. The fourth-order valence-electron chi connectivity index (χ4n) is 2.24. The molecule has 0 aromatic heterocycles. The molecule has 5 heteroatoms. The Labute approximate surface area is 114 Å². The lowest BCUT2D eigenvalue weighted by atomic mass is 10.1. The van der Waals surface area contributed by atoms with Crippen LogP contribution in [0.4, 0.5) is 0 Å². The molecule has 0 saturated carbocycles. The van der Waals surface area contributed by atoms with E-state index in [-0.39, 0.29) is 6.17 Å². The smallest absolute Gasteiger partial charge is 0.309 e. The van der Waals surface area contributed by atoms with Crippen molar-refractivity contribution in [1.82, 2.24) is 4.90 Å². The summed E-state index contributed by atoms with van der Waals surface area (Å²) in [7, 11) is 7.96. The highest BCUT2D eigenvalue weighted by Crippen LogP contribution is 2.16. The number of quaternary nitrogens is 1. The predicted octanol–water partition coefficient (Wildman–Crippen LogP) is 0.878. The molecule has 1 aliphatic rings. The Kier molecular flexibility index (Phi) is 3.57. The quantitative estimate of drug-likeness (QED) is 0.803. The summed E-state index contributed by atoms with van der Waals surface area (Å²) in [6, 6.07) is 10.2. The van der Waals surface area contributed by atoms with Crippen molar-refractivity contribution in [2.45, 2.75) is 12.6 Å². The van der Waals surface area contributed by atoms with Gasteiger partial charge in [0.15, 0.2) is 6.17 Å². The van der Waals surface area contributed by atoms with Crippen LogP contribution in [-0.4, -0.2) is 55.7 Å². The van der Waals surface area contributed by atoms with E-state index in [1.807, 2.05) is 51.3 Å². The van der Waals surface area contributed by atoms with E-state index in [1.165, 1.54) is 5.56 Å². The molecule has 0 spiro atoms. The molecular weight excluding hydrogens is 238 g/mol. The lowest BCUT2D eigenvalue weighted by molar-refractivity contribution is -0.709. The standard InChI is InChI=1S/C14H22N5/c1-18(2)14-17-12(16-13(15)19(14,3)4)10-11-8-6-5-7-9-11/h5-9,12H,10H2,1-4H3,(H2,15,16)/q+1. The Bertz CT molecular complexity index is 502. The SMILES string of the molecule is CN(C)C1=NC(Cc2ccccc2)N=C(N)[N+]1(C)C. The molecule has 0 amide bonds. The van der Waals surface area contributed by atoms with Crippen LogP contribution < -0.4 is 5.73 Å². The van der Waals surface area contributed by atoms with Crippen LogP contribution >= 0.6 is 0 Å². The zero-order chi connectivity index (χ0) is 14.0. The van der Waals surface area contributed by atoms with E-state index in [4.69, 9.17) is 10.7 Å². The summed E-state index contributed by atoms with van der Waals surface area (Å²) >= 11 is 0. The second-order valence-corrected chi connectivity index (χ2v) is 5.43. The minimum Gasteiger partial charge on any atom is -0.337 e. The second kappa shape index (κ2) is 5.01. The van der Waals surface area contributed by atoms with Crippen molar-refractivity contribution in [3.8, 4) is 0 Å². The number of hydrogen-bond donors (Lipinski definition) is 1. The van der Waals surface area contributed by atoms with E-state index >= 15 is 0 Å². The second-order valence-electron chi connectivity index (χ2n) is 5.43. The van der Waals surface area contributed by atoms with Gasteiger partial charge in [-0.3, -0.25) is 0 Å². The van der Waals surface area contributed by atoms with Crippen LogP contribution in [0, 0.1) is 0 Å². The first-order valence-corrected chi connectivity index (χ1v) is 6.38. The molecule has 0 aliphatic carbocycles. The van der Waals surface area contributed by atoms with Gasteiger partial charge in [0.05, 0.1) is 14.1 Å². The lowest BCUT2D eigenvalue weighted by Gasteiger charge is -2.34. The highest BCUT2D eigenvalue weighted by molar-refractivity contribution is 5.88. The zero-order valence-electron chi connectivity index (χ0n) is 12.0. The summed E-state index contributed by atoms with van der Waals surface area (Å²) in [6.07, 6.45) is 0.643. The first kappa shape index (κ1) is 13.5. The molecule has 0 bridgehead atoms. The van der Waals surface area contributed by atoms with Gasteiger partial charge in [0.25, 0.3) is 0 Å². The number of nitrogens with zero attached hydrogens (tertiary/aromatic N) is 4. The average molecular weight is 260 g/mol. The van der Waals surface area contributed by atoms with Gasteiger partial charge in [-0.1, -0.05) is 30.3 Å². The van der Waals surface area contributed by atoms with Crippen LogP contribution in [0.15, 0.2) is 40.3 Å². The third-order valence-electron chi connectivity index (χ3n) is 3.28. The zero-order valence-corrected chi connectivity index (χ0v) is 12.0. The Morgan fingerprint density at radius 1 is 1.16 bits per heavy atom. The molecule has 0 radical (unpaired) electrons. The van der Waals surface area contributed by atoms with Gasteiger partial charge in [-0.2, -0.15) is 9.98 Å². The number of nitrogens with two attached hydrogens (primary N) is 1. The van der Waals surface area contributed by atoms with Gasteiger partial charge in [-0.25, -0.2) is 4.48 Å². The van der Waals surface area contributed by atoms with Crippen molar-refractivity contribution < 1.29 is 4.48 Å². The summed E-state index contributed by atoms with van der Waals surface area (Å²) < 4.78 is 0.401. The van der Waals surface area contributed by atoms with Crippen LogP contribution in [0.25, 0.3) is 0 Å². The maximum atomic E-state index is 6.10. The van der Waals surface area contributed by atoms with Crippen molar-refractivity contribution in [3.05, 3.63) is 35.9 Å². The minimum atomic E-state index is -0.133. The van der Waals surface area contributed by atoms with E-state index in [2.05, 4.69) is 17.1 Å². The molecule has 1 heterocycles. The molecule has 1 aromatic carbocycles. The maximum Gasteiger partial charge on any atom is 0.309 e. The van der Waals surface area contributed by atoms with Gasteiger partial charge in [0.2, 0.25) is 0 Å². The van der Waals surface area contributed by atoms with Gasteiger partial charge in [0, 0.05) is 20.5 Å².